The van der Waals surface area contributed by atoms with Crippen molar-refractivity contribution < 1.29 is 17.9 Å². The second-order valence-corrected chi connectivity index (χ2v) is 7.10. The van der Waals surface area contributed by atoms with Gasteiger partial charge in [-0.3, -0.25) is 0 Å². The summed E-state index contributed by atoms with van der Waals surface area (Å²) in [6, 6.07) is 4.95. The molecule has 0 fully saturated rings. The Morgan fingerprint density at radius 3 is 2.33 bits per heavy atom. The van der Waals surface area contributed by atoms with E-state index in [9.17, 15) is 8.42 Å². The van der Waals surface area contributed by atoms with Crippen molar-refractivity contribution in [3.05, 3.63) is 23.8 Å². The minimum absolute atomic E-state index is 0.00807. The fourth-order valence-corrected chi connectivity index (χ4v) is 3.80. The van der Waals surface area contributed by atoms with Gasteiger partial charge in [0.1, 0.15) is 0 Å². The Morgan fingerprint density at radius 1 is 1.19 bits per heavy atom. The SMILES string of the molecule is COc1ccc(C(C)NS(=O)(=O)CC(C)CCl)cc1OC. The summed E-state index contributed by atoms with van der Waals surface area (Å²) < 4.78 is 37.1. The van der Waals surface area contributed by atoms with Crippen molar-refractivity contribution in [3.63, 3.8) is 0 Å². The van der Waals surface area contributed by atoms with Crippen LogP contribution in [0.3, 0.4) is 0 Å². The summed E-state index contributed by atoms with van der Waals surface area (Å²) >= 11 is 5.66. The summed E-state index contributed by atoms with van der Waals surface area (Å²) in [5.74, 6) is 1.39. The van der Waals surface area contributed by atoms with Crippen LogP contribution in [0.2, 0.25) is 0 Å². The smallest absolute Gasteiger partial charge is 0.212 e. The Morgan fingerprint density at radius 2 is 1.81 bits per heavy atom. The quantitative estimate of drug-likeness (QED) is 0.741. The predicted molar refractivity (Wildman–Crippen MR) is 84.8 cm³/mol. The van der Waals surface area contributed by atoms with Crippen LogP contribution in [0.1, 0.15) is 25.5 Å². The van der Waals surface area contributed by atoms with Gasteiger partial charge >= 0.3 is 0 Å². The first-order valence-electron chi connectivity index (χ1n) is 6.60. The number of methoxy groups -OCH3 is 2. The second kappa shape index (κ2) is 7.87. The third-order valence-corrected chi connectivity index (χ3v) is 5.28. The minimum atomic E-state index is -3.38. The molecule has 0 aromatic heterocycles. The van der Waals surface area contributed by atoms with Crippen LogP contribution in [0.4, 0.5) is 0 Å². The van der Waals surface area contributed by atoms with Gasteiger partial charge in [0.15, 0.2) is 11.5 Å². The van der Waals surface area contributed by atoms with Gasteiger partial charge in [-0.05, 0) is 30.5 Å². The van der Waals surface area contributed by atoms with Crippen LogP contribution in [0, 0.1) is 5.92 Å². The van der Waals surface area contributed by atoms with Crippen molar-refractivity contribution >= 4 is 21.6 Å². The zero-order valence-corrected chi connectivity index (χ0v) is 14.3. The number of benzene rings is 1. The number of hydrogen-bond donors (Lipinski definition) is 1. The summed E-state index contributed by atoms with van der Waals surface area (Å²) in [5.41, 5.74) is 0.801. The van der Waals surface area contributed by atoms with Crippen LogP contribution in [-0.2, 0) is 10.0 Å². The van der Waals surface area contributed by atoms with Crippen molar-refractivity contribution in [2.75, 3.05) is 25.9 Å². The molecule has 0 aliphatic carbocycles. The fourth-order valence-electron chi connectivity index (χ4n) is 1.93. The van der Waals surface area contributed by atoms with E-state index in [1.165, 1.54) is 0 Å². The normalized spacial score (nSPS) is 14.5. The predicted octanol–water partition coefficient (Wildman–Crippen LogP) is 2.56. The molecule has 7 heteroatoms. The van der Waals surface area contributed by atoms with E-state index in [2.05, 4.69) is 4.72 Å². The van der Waals surface area contributed by atoms with Gasteiger partial charge in [-0.2, -0.15) is 0 Å². The highest BCUT2D eigenvalue weighted by Gasteiger charge is 2.19. The average molecular weight is 336 g/mol. The number of halogens is 1. The molecule has 0 aliphatic rings. The molecule has 0 amide bonds. The molecule has 0 radical (unpaired) electrons. The van der Waals surface area contributed by atoms with E-state index in [0.29, 0.717) is 17.4 Å². The Kier molecular flexibility index (Phi) is 6.77. The zero-order valence-electron chi connectivity index (χ0n) is 12.7. The van der Waals surface area contributed by atoms with Gasteiger partial charge in [-0.25, -0.2) is 13.1 Å². The summed E-state index contributed by atoms with van der Waals surface area (Å²) in [5, 5.41) is 0. The van der Waals surface area contributed by atoms with E-state index in [1.54, 1.807) is 46.3 Å². The van der Waals surface area contributed by atoms with Gasteiger partial charge in [0.25, 0.3) is 0 Å². The summed E-state index contributed by atoms with van der Waals surface area (Å²) in [7, 11) is -0.289. The Balaban J connectivity index is 2.86. The van der Waals surface area contributed by atoms with Crippen LogP contribution in [0.25, 0.3) is 0 Å². The monoisotopic (exact) mass is 335 g/mol. The van der Waals surface area contributed by atoms with Gasteiger partial charge in [0, 0.05) is 11.9 Å². The molecule has 21 heavy (non-hydrogen) atoms. The lowest BCUT2D eigenvalue weighted by Gasteiger charge is -2.17. The topological polar surface area (TPSA) is 64.6 Å². The second-order valence-electron chi connectivity index (χ2n) is 4.99. The molecule has 0 spiro atoms. The van der Waals surface area contributed by atoms with E-state index in [-0.39, 0.29) is 17.7 Å². The van der Waals surface area contributed by atoms with Gasteiger partial charge in [0.2, 0.25) is 10.0 Å². The molecule has 1 N–H and O–H groups in total. The molecule has 1 rings (SSSR count). The van der Waals surface area contributed by atoms with Gasteiger partial charge in [-0.15, -0.1) is 11.6 Å². The van der Waals surface area contributed by atoms with Crippen LogP contribution in [0.15, 0.2) is 18.2 Å². The van der Waals surface area contributed by atoms with E-state index in [0.717, 1.165) is 5.56 Å². The number of rotatable bonds is 8. The van der Waals surface area contributed by atoms with Crippen molar-refractivity contribution in [3.8, 4) is 11.5 Å². The van der Waals surface area contributed by atoms with E-state index in [1.807, 2.05) is 0 Å². The largest absolute Gasteiger partial charge is 0.493 e. The fraction of sp³-hybridized carbons (Fsp3) is 0.571. The molecule has 0 bridgehead atoms. The van der Waals surface area contributed by atoms with Crippen molar-refractivity contribution in [1.82, 2.24) is 4.72 Å². The summed E-state index contributed by atoms with van der Waals surface area (Å²) in [6.07, 6.45) is 0. The minimum Gasteiger partial charge on any atom is -0.493 e. The zero-order chi connectivity index (χ0) is 16.0. The molecule has 120 valence electrons. The van der Waals surface area contributed by atoms with Crippen LogP contribution >= 0.6 is 11.6 Å². The number of alkyl halides is 1. The molecule has 1 aromatic carbocycles. The molecule has 0 saturated heterocycles. The summed E-state index contributed by atoms with van der Waals surface area (Å²) in [6.45, 7) is 3.58. The molecule has 0 saturated carbocycles. The third kappa shape index (κ3) is 5.37. The highest BCUT2D eigenvalue weighted by molar-refractivity contribution is 7.89. The number of sulfonamides is 1. The Hall–Kier alpha value is -0.980. The molecular formula is C14H22ClNO4S. The number of ether oxygens (including phenoxy) is 2. The maximum absolute atomic E-state index is 12.0. The highest BCUT2D eigenvalue weighted by atomic mass is 35.5. The third-order valence-electron chi connectivity index (χ3n) is 3.03. The lowest BCUT2D eigenvalue weighted by molar-refractivity contribution is 0.354. The highest BCUT2D eigenvalue weighted by Crippen LogP contribution is 2.30. The van der Waals surface area contributed by atoms with Crippen molar-refractivity contribution in [2.45, 2.75) is 19.9 Å². The Bertz CT molecular complexity index is 562. The first-order valence-corrected chi connectivity index (χ1v) is 8.79. The first-order chi connectivity index (χ1) is 9.82. The maximum atomic E-state index is 12.0. The van der Waals surface area contributed by atoms with Crippen molar-refractivity contribution in [1.29, 1.82) is 0 Å². The standard InChI is InChI=1S/C14H22ClNO4S/c1-10(8-15)9-21(17,18)16-11(2)12-5-6-13(19-3)14(7-12)20-4/h5-7,10-11,16H,8-9H2,1-4H3. The molecule has 1 aromatic rings. The van der Waals surface area contributed by atoms with Crippen molar-refractivity contribution in [2.24, 2.45) is 5.92 Å². The average Bonchev–Trinajstić information content (AvgIpc) is 2.45. The van der Waals surface area contributed by atoms with E-state index >= 15 is 0 Å². The van der Waals surface area contributed by atoms with E-state index in [4.69, 9.17) is 21.1 Å². The lowest BCUT2D eigenvalue weighted by atomic mass is 10.1. The van der Waals surface area contributed by atoms with Crippen LogP contribution in [-0.4, -0.2) is 34.3 Å². The summed E-state index contributed by atoms with van der Waals surface area (Å²) in [4.78, 5) is 0. The number of nitrogens with one attached hydrogen (secondary N) is 1. The van der Waals surface area contributed by atoms with Crippen LogP contribution in [0.5, 0.6) is 11.5 Å². The first kappa shape index (κ1) is 18.1. The van der Waals surface area contributed by atoms with Crippen LogP contribution < -0.4 is 14.2 Å². The number of hydrogen-bond acceptors (Lipinski definition) is 4. The van der Waals surface area contributed by atoms with Gasteiger partial charge in [0.05, 0.1) is 20.0 Å². The van der Waals surface area contributed by atoms with Gasteiger partial charge in [-0.1, -0.05) is 13.0 Å². The lowest BCUT2D eigenvalue weighted by Crippen LogP contribution is -2.31. The molecule has 0 aliphatic heterocycles. The molecule has 0 heterocycles. The molecule has 5 nitrogen and oxygen atoms in total. The Labute approximate surface area is 131 Å². The maximum Gasteiger partial charge on any atom is 0.212 e. The van der Waals surface area contributed by atoms with Gasteiger partial charge < -0.3 is 9.47 Å². The molecule has 2 atom stereocenters. The van der Waals surface area contributed by atoms with E-state index < -0.39 is 10.0 Å². The molecular weight excluding hydrogens is 314 g/mol. The molecule has 2 unspecified atom stereocenters.